The molecule has 0 saturated heterocycles. The molecule has 2 rings (SSSR count). The van der Waals surface area contributed by atoms with Gasteiger partial charge in [-0.1, -0.05) is 23.7 Å². The summed E-state index contributed by atoms with van der Waals surface area (Å²) < 4.78 is 14.2. The molecule has 0 aliphatic carbocycles. The second kappa shape index (κ2) is 7.38. The number of nitrogen functional groups attached to an aromatic ring is 1. The first-order valence-corrected chi connectivity index (χ1v) is 7.32. The van der Waals surface area contributed by atoms with Crippen molar-refractivity contribution in [2.45, 2.75) is 6.42 Å². The summed E-state index contributed by atoms with van der Waals surface area (Å²) in [4.78, 5) is 10.2. The highest BCUT2D eigenvalue weighted by Gasteiger charge is 2.14. The van der Waals surface area contributed by atoms with Crippen LogP contribution in [0.2, 0.25) is 5.02 Å². The number of rotatable bonds is 6. The molecule has 0 saturated carbocycles. The van der Waals surface area contributed by atoms with Crippen LogP contribution < -0.4 is 11.1 Å². The van der Waals surface area contributed by atoms with Crippen molar-refractivity contribution in [1.29, 1.82) is 0 Å². The molecule has 1 aromatic heterocycles. The van der Waals surface area contributed by atoms with Gasteiger partial charge in [-0.15, -0.1) is 0 Å². The number of benzene rings is 1. The fourth-order valence-corrected chi connectivity index (χ4v) is 2.22. The molecule has 22 heavy (non-hydrogen) atoms. The fraction of sp³-hybridized carbons (Fsp3) is 0.333. The SMILES string of the molecule is CN(C)CCCNc1nc(N)ncc1-c1cccc(Cl)c1F. The van der Waals surface area contributed by atoms with Crippen LogP contribution in [0.5, 0.6) is 0 Å². The number of nitrogens with zero attached hydrogens (tertiary/aromatic N) is 3. The van der Waals surface area contributed by atoms with Crippen molar-refractivity contribution in [3.05, 3.63) is 35.2 Å². The van der Waals surface area contributed by atoms with Crippen molar-refractivity contribution < 1.29 is 4.39 Å². The van der Waals surface area contributed by atoms with Gasteiger partial charge in [-0.25, -0.2) is 9.37 Å². The molecular weight excluding hydrogens is 305 g/mol. The summed E-state index contributed by atoms with van der Waals surface area (Å²) in [5.41, 5.74) is 6.53. The number of hydrogen-bond acceptors (Lipinski definition) is 5. The van der Waals surface area contributed by atoms with Crippen LogP contribution in [0, 0.1) is 5.82 Å². The lowest BCUT2D eigenvalue weighted by atomic mass is 10.1. The summed E-state index contributed by atoms with van der Waals surface area (Å²) in [6.07, 6.45) is 2.43. The molecule has 0 bridgehead atoms. The van der Waals surface area contributed by atoms with E-state index in [-0.39, 0.29) is 11.0 Å². The number of nitrogens with one attached hydrogen (secondary N) is 1. The van der Waals surface area contributed by atoms with E-state index in [0.29, 0.717) is 23.5 Å². The Morgan fingerprint density at radius 1 is 1.32 bits per heavy atom. The van der Waals surface area contributed by atoms with Crippen LogP contribution in [0.25, 0.3) is 11.1 Å². The lowest BCUT2D eigenvalue weighted by Gasteiger charge is -2.14. The van der Waals surface area contributed by atoms with Crippen molar-refractivity contribution >= 4 is 23.4 Å². The predicted molar refractivity (Wildman–Crippen MR) is 88.5 cm³/mol. The van der Waals surface area contributed by atoms with Gasteiger partial charge in [-0.3, -0.25) is 0 Å². The molecule has 0 spiro atoms. The third kappa shape index (κ3) is 4.05. The van der Waals surface area contributed by atoms with Crippen LogP contribution in [-0.2, 0) is 0 Å². The molecule has 118 valence electrons. The smallest absolute Gasteiger partial charge is 0.221 e. The zero-order chi connectivity index (χ0) is 16.1. The topological polar surface area (TPSA) is 67.1 Å². The second-order valence-electron chi connectivity index (χ2n) is 5.18. The van der Waals surface area contributed by atoms with Gasteiger partial charge >= 0.3 is 0 Å². The van der Waals surface area contributed by atoms with Crippen LogP contribution in [0.1, 0.15) is 6.42 Å². The van der Waals surface area contributed by atoms with E-state index in [1.165, 1.54) is 12.3 Å². The van der Waals surface area contributed by atoms with E-state index in [2.05, 4.69) is 20.2 Å². The molecule has 2 aromatic rings. The molecule has 0 radical (unpaired) electrons. The monoisotopic (exact) mass is 323 g/mol. The lowest BCUT2D eigenvalue weighted by molar-refractivity contribution is 0.405. The Hall–Kier alpha value is -1.92. The Bertz CT molecular complexity index is 648. The van der Waals surface area contributed by atoms with Gasteiger partial charge in [0.1, 0.15) is 11.6 Å². The average Bonchev–Trinajstić information content (AvgIpc) is 2.47. The Morgan fingerprint density at radius 2 is 2.09 bits per heavy atom. The molecular formula is C15H19ClFN5. The van der Waals surface area contributed by atoms with Crippen molar-refractivity contribution in [2.24, 2.45) is 0 Å². The number of halogens is 2. The van der Waals surface area contributed by atoms with Gasteiger partial charge < -0.3 is 16.0 Å². The third-order valence-corrected chi connectivity index (χ3v) is 3.42. The highest BCUT2D eigenvalue weighted by Crippen LogP contribution is 2.31. The minimum atomic E-state index is -0.492. The van der Waals surface area contributed by atoms with Gasteiger partial charge in [-0.05, 0) is 33.1 Å². The van der Waals surface area contributed by atoms with E-state index in [0.717, 1.165) is 13.0 Å². The predicted octanol–water partition coefficient (Wildman–Crippen LogP) is 2.88. The van der Waals surface area contributed by atoms with Gasteiger partial charge in [-0.2, -0.15) is 4.98 Å². The van der Waals surface area contributed by atoms with Crippen molar-refractivity contribution in [2.75, 3.05) is 38.2 Å². The molecule has 5 nitrogen and oxygen atoms in total. The van der Waals surface area contributed by atoms with Crippen molar-refractivity contribution in [1.82, 2.24) is 14.9 Å². The number of aromatic nitrogens is 2. The Kier molecular flexibility index (Phi) is 5.51. The molecule has 0 atom stereocenters. The minimum absolute atomic E-state index is 0.0629. The first-order valence-electron chi connectivity index (χ1n) is 6.94. The van der Waals surface area contributed by atoms with Crippen LogP contribution >= 0.6 is 11.6 Å². The maximum atomic E-state index is 14.2. The summed E-state index contributed by atoms with van der Waals surface area (Å²) in [6, 6.07) is 4.83. The Morgan fingerprint density at radius 3 is 2.82 bits per heavy atom. The summed E-state index contributed by atoms with van der Waals surface area (Å²) in [5.74, 6) is 0.155. The first kappa shape index (κ1) is 16.5. The minimum Gasteiger partial charge on any atom is -0.369 e. The van der Waals surface area contributed by atoms with E-state index < -0.39 is 5.82 Å². The third-order valence-electron chi connectivity index (χ3n) is 3.12. The van der Waals surface area contributed by atoms with E-state index in [9.17, 15) is 4.39 Å². The summed E-state index contributed by atoms with van der Waals surface area (Å²) >= 11 is 5.84. The van der Waals surface area contributed by atoms with E-state index in [4.69, 9.17) is 17.3 Å². The van der Waals surface area contributed by atoms with E-state index in [1.807, 2.05) is 14.1 Å². The molecule has 3 N–H and O–H groups in total. The van der Waals surface area contributed by atoms with Crippen LogP contribution in [-0.4, -0.2) is 42.1 Å². The fourth-order valence-electron chi connectivity index (χ4n) is 2.04. The number of anilines is 2. The molecule has 0 fully saturated rings. The molecule has 0 amide bonds. The summed E-state index contributed by atoms with van der Waals surface area (Å²) in [6.45, 7) is 1.64. The van der Waals surface area contributed by atoms with Crippen molar-refractivity contribution in [3.63, 3.8) is 0 Å². The Labute approximate surface area is 134 Å². The standard InChI is InChI=1S/C15H19ClFN5/c1-22(2)8-4-7-19-14-11(9-20-15(18)21-14)10-5-3-6-12(16)13(10)17/h3,5-6,9H,4,7-8H2,1-2H3,(H3,18,19,20,21). The van der Waals surface area contributed by atoms with Crippen molar-refractivity contribution in [3.8, 4) is 11.1 Å². The average molecular weight is 324 g/mol. The van der Waals surface area contributed by atoms with Crippen LogP contribution in [0.15, 0.2) is 24.4 Å². The molecule has 7 heteroatoms. The molecule has 0 unspecified atom stereocenters. The summed E-state index contributed by atoms with van der Waals surface area (Å²) in [5, 5.41) is 3.25. The molecule has 1 aromatic carbocycles. The zero-order valence-electron chi connectivity index (χ0n) is 12.6. The molecule has 0 aliphatic heterocycles. The van der Waals surface area contributed by atoms with E-state index in [1.54, 1.807) is 12.1 Å². The van der Waals surface area contributed by atoms with Crippen LogP contribution in [0.3, 0.4) is 0 Å². The first-order chi connectivity index (χ1) is 10.5. The number of nitrogens with two attached hydrogens (primary N) is 1. The highest BCUT2D eigenvalue weighted by molar-refractivity contribution is 6.31. The maximum absolute atomic E-state index is 14.2. The Balaban J connectivity index is 2.26. The maximum Gasteiger partial charge on any atom is 0.221 e. The lowest BCUT2D eigenvalue weighted by Crippen LogP contribution is -2.17. The quantitative estimate of drug-likeness (QED) is 0.800. The largest absolute Gasteiger partial charge is 0.369 e. The normalized spacial score (nSPS) is 11.0. The van der Waals surface area contributed by atoms with E-state index >= 15 is 0 Å². The molecule has 0 aliphatic rings. The van der Waals surface area contributed by atoms with Gasteiger partial charge in [0.05, 0.1) is 5.02 Å². The summed E-state index contributed by atoms with van der Waals surface area (Å²) in [7, 11) is 4.02. The molecule has 1 heterocycles. The zero-order valence-corrected chi connectivity index (χ0v) is 13.4. The van der Waals surface area contributed by atoms with Gasteiger partial charge in [0.25, 0.3) is 0 Å². The van der Waals surface area contributed by atoms with Gasteiger partial charge in [0.15, 0.2) is 0 Å². The number of hydrogen-bond donors (Lipinski definition) is 2. The highest BCUT2D eigenvalue weighted by atomic mass is 35.5. The van der Waals surface area contributed by atoms with Gasteiger partial charge in [0.2, 0.25) is 5.95 Å². The van der Waals surface area contributed by atoms with Crippen LogP contribution in [0.4, 0.5) is 16.2 Å². The van der Waals surface area contributed by atoms with Gasteiger partial charge in [0, 0.05) is 23.9 Å². The second-order valence-corrected chi connectivity index (χ2v) is 5.58.